The standard InChI is InChI=1S/C10H23NO/c1-6-11(7-2)9(3)10(4,5)8-12/h9,12H,6-8H2,1-5H3. The van der Waals surface area contributed by atoms with Gasteiger partial charge in [-0.1, -0.05) is 27.7 Å². The number of nitrogens with zero attached hydrogens (tertiary/aromatic N) is 1. The topological polar surface area (TPSA) is 23.5 Å². The molecule has 0 rings (SSSR count). The molecule has 1 unspecified atom stereocenters. The summed E-state index contributed by atoms with van der Waals surface area (Å²) in [5, 5.41) is 9.18. The van der Waals surface area contributed by atoms with E-state index < -0.39 is 0 Å². The molecular weight excluding hydrogens is 150 g/mol. The van der Waals surface area contributed by atoms with Crippen LogP contribution in [0.15, 0.2) is 0 Å². The Labute approximate surface area is 76.6 Å². The minimum atomic E-state index is 0.00597. The molecule has 1 atom stereocenters. The molecule has 0 aliphatic carbocycles. The summed E-state index contributed by atoms with van der Waals surface area (Å²) in [5.41, 5.74) is 0.00597. The molecule has 0 amide bonds. The van der Waals surface area contributed by atoms with Crippen molar-refractivity contribution in [1.82, 2.24) is 4.90 Å². The van der Waals surface area contributed by atoms with Crippen LogP contribution in [0, 0.1) is 5.41 Å². The summed E-state index contributed by atoms with van der Waals surface area (Å²) in [7, 11) is 0. The summed E-state index contributed by atoms with van der Waals surface area (Å²) in [6.45, 7) is 13.1. The molecule has 0 aromatic heterocycles. The van der Waals surface area contributed by atoms with Crippen LogP contribution < -0.4 is 0 Å². The molecule has 74 valence electrons. The lowest BCUT2D eigenvalue weighted by Gasteiger charge is -2.37. The molecule has 12 heavy (non-hydrogen) atoms. The average Bonchev–Trinajstić information content (AvgIpc) is 2.06. The maximum absolute atomic E-state index is 9.18. The van der Waals surface area contributed by atoms with Crippen LogP contribution in [0.1, 0.15) is 34.6 Å². The Balaban J connectivity index is 4.23. The first-order valence-electron chi connectivity index (χ1n) is 4.84. The molecule has 0 bridgehead atoms. The van der Waals surface area contributed by atoms with Gasteiger partial charge >= 0.3 is 0 Å². The van der Waals surface area contributed by atoms with E-state index in [1.165, 1.54) is 0 Å². The molecule has 0 fully saturated rings. The molecule has 0 radical (unpaired) electrons. The van der Waals surface area contributed by atoms with Crippen molar-refractivity contribution >= 4 is 0 Å². The third kappa shape index (κ3) is 2.76. The molecule has 0 aliphatic heterocycles. The van der Waals surface area contributed by atoms with Crippen LogP contribution in [0.5, 0.6) is 0 Å². The van der Waals surface area contributed by atoms with Gasteiger partial charge in [-0.3, -0.25) is 0 Å². The van der Waals surface area contributed by atoms with Gasteiger partial charge in [0.25, 0.3) is 0 Å². The summed E-state index contributed by atoms with van der Waals surface area (Å²) >= 11 is 0. The zero-order valence-electron chi connectivity index (χ0n) is 9.09. The predicted molar refractivity (Wildman–Crippen MR) is 53.2 cm³/mol. The number of hydrogen-bond donors (Lipinski definition) is 1. The Kier molecular flexibility index (Phi) is 4.80. The van der Waals surface area contributed by atoms with Crippen LogP contribution in [-0.2, 0) is 0 Å². The molecular formula is C10H23NO. The second-order valence-electron chi connectivity index (χ2n) is 4.04. The SMILES string of the molecule is CCN(CC)C(C)C(C)(C)CO. The molecule has 0 spiro atoms. The highest BCUT2D eigenvalue weighted by Crippen LogP contribution is 2.23. The van der Waals surface area contributed by atoms with E-state index in [4.69, 9.17) is 0 Å². The Morgan fingerprint density at radius 2 is 1.67 bits per heavy atom. The fourth-order valence-electron chi connectivity index (χ4n) is 1.40. The first-order chi connectivity index (χ1) is 5.49. The number of rotatable bonds is 5. The largest absolute Gasteiger partial charge is 0.396 e. The summed E-state index contributed by atoms with van der Waals surface area (Å²) in [5.74, 6) is 0. The summed E-state index contributed by atoms with van der Waals surface area (Å²) < 4.78 is 0. The summed E-state index contributed by atoms with van der Waals surface area (Å²) in [6, 6.07) is 0.442. The zero-order chi connectivity index (χ0) is 9.78. The third-order valence-corrected chi connectivity index (χ3v) is 2.90. The first-order valence-corrected chi connectivity index (χ1v) is 4.84. The molecule has 0 aromatic carbocycles. The van der Waals surface area contributed by atoms with Gasteiger partial charge in [0.05, 0.1) is 0 Å². The molecule has 2 heteroatoms. The van der Waals surface area contributed by atoms with Crippen LogP contribution in [0.4, 0.5) is 0 Å². The normalized spacial score (nSPS) is 15.2. The Morgan fingerprint density at radius 1 is 1.25 bits per heavy atom. The smallest absolute Gasteiger partial charge is 0.0497 e. The van der Waals surface area contributed by atoms with Crippen molar-refractivity contribution in [2.24, 2.45) is 5.41 Å². The van der Waals surface area contributed by atoms with Crippen molar-refractivity contribution in [3.05, 3.63) is 0 Å². The number of hydrogen-bond acceptors (Lipinski definition) is 2. The lowest BCUT2D eigenvalue weighted by atomic mass is 9.85. The van der Waals surface area contributed by atoms with Gasteiger partial charge in [-0.2, -0.15) is 0 Å². The van der Waals surface area contributed by atoms with Crippen LogP contribution in [0.2, 0.25) is 0 Å². The number of aliphatic hydroxyl groups excluding tert-OH is 1. The van der Waals surface area contributed by atoms with Crippen molar-refractivity contribution in [2.75, 3.05) is 19.7 Å². The van der Waals surface area contributed by atoms with Crippen LogP contribution in [0.3, 0.4) is 0 Å². The summed E-state index contributed by atoms with van der Waals surface area (Å²) in [4.78, 5) is 2.37. The van der Waals surface area contributed by atoms with E-state index in [2.05, 4.69) is 39.5 Å². The Hall–Kier alpha value is -0.0800. The third-order valence-electron chi connectivity index (χ3n) is 2.90. The first kappa shape index (κ1) is 11.9. The molecule has 0 aliphatic rings. The van der Waals surface area contributed by atoms with Crippen molar-refractivity contribution in [2.45, 2.75) is 40.7 Å². The van der Waals surface area contributed by atoms with E-state index in [9.17, 15) is 5.11 Å². The highest BCUT2D eigenvalue weighted by molar-refractivity contribution is 4.81. The molecule has 2 nitrogen and oxygen atoms in total. The molecule has 0 saturated heterocycles. The maximum atomic E-state index is 9.18. The fourth-order valence-corrected chi connectivity index (χ4v) is 1.40. The van der Waals surface area contributed by atoms with Crippen LogP contribution >= 0.6 is 0 Å². The minimum Gasteiger partial charge on any atom is -0.396 e. The molecule has 0 heterocycles. The van der Waals surface area contributed by atoms with Crippen LogP contribution in [0.25, 0.3) is 0 Å². The van der Waals surface area contributed by atoms with Gasteiger partial charge in [-0.05, 0) is 20.0 Å². The van der Waals surface area contributed by atoms with E-state index in [-0.39, 0.29) is 12.0 Å². The van der Waals surface area contributed by atoms with Crippen molar-refractivity contribution in [3.63, 3.8) is 0 Å². The maximum Gasteiger partial charge on any atom is 0.0497 e. The van der Waals surface area contributed by atoms with Crippen molar-refractivity contribution in [3.8, 4) is 0 Å². The lowest BCUT2D eigenvalue weighted by molar-refractivity contribution is 0.0540. The fraction of sp³-hybridized carbons (Fsp3) is 1.00. The van der Waals surface area contributed by atoms with Gasteiger partial charge in [0.15, 0.2) is 0 Å². The Morgan fingerprint density at radius 3 is 1.92 bits per heavy atom. The van der Waals surface area contributed by atoms with Gasteiger partial charge in [0.1, 0.15) is 0 Å². The lowest BCUT2D eigenvalue weighted by Crippen LogP contribution is -2.44. The average molecular weight is 173 g/mol. The predicted octanol–water partition coefficient (Wildman–Crippen LogP) is 1.74. The zero-order valence-corrected chi connectivity index (χ0v) is 9.09. The van der Waals surface area contributed by atoms with Gasteiger partial charge in [0.2, 0.25) is 0 Å². The van der Waals surface area contributed by atoms with E-state index in [1.54, 1.807) is 0 Å². The highest BCUT2D eigenvalue weighted by atomic mass is 16.3. The Bertz CT molecular complexity index is 119. The second-order valence-corrected chi connectivity index (χ2v) is 4.04. The molecule has 0 aromatic rings. The summed E-state index contributed by atoms with van der Waals surface area (Å²) in [6.07, 6.45) is 0. The van der Waals surface area contributed by atoms with Crippen molar-refractivity contribution < 1.29 is 5.11 Å². The quantitative estimate of drug-likeness (QED) is 0.684. The van der Waals surface area contributed by atoms with Gasteiger partial charge in [0, 0.05) is 18.1 Å². The van der Waals surface area contributed by atoms with E-state index >= 15 is 0 Å². The van der Waals surface area contributed by atoms with E-state index in [0.29, 0.717) is 6.04 Å². The second kappa shape index (κ2) is 4.83. The minimum absolute atomic E-state index is 0.00597. The van der Waals surface area contributed by atoms with E-state index in [0.717, 1.165) is 13.1 Å². The molecule has 0 saturated carbocycles. The van der Waals surface area contributed by atoms with Gasteiger partial charge in [-0.25, -0.2) is 0 Å². The van der Waals surface area contributed by atoms with E-state index in [1.807, 2.05) is 0 Å². The monoisotopic (exact) mass is 173 g/mol. The van der Waals surface area contributed by atoms with Crippen LogP contribution in [-0.4, -0.2) is 35.7 Å². The van der Waals surface area contributed by atoms with Crippen molar-refractivity contribution in [1.29, 1.82) is 0 Å². The van der Waals surface area contributed by atoms with Gasteiger partial charge < -0.3 is 10.0 Å². The van der Waals surface area contributed by atoms with Gasteiger partial charge in [-0.15, -0.1) is 0 Å². The number of aliphatic hydroxyl groups is 1. The molecule has 1 N–H and O–H groups in total. The highest BCUT2D eigenvalue weighted by Gasteiger charge is 2.28.